The van der Waals surface area contributed by atoms with Gasteiger partial charge in [0.15, 0.2) is 11.5 Å². The smallest absolute Gasteiger partial charge is 0.319 e. The maximum absolute atomic E-state index is 12.2. The minimum Gasteiger partial charge on any atom is -0.330 e. The molecule has 27 heavy (non-hydrogen) atoms. The summed E-state index contributed by atoms with van der Waals surface area (Å²) in [4.78, 5) is 12.2. The van der Waals surface area contributed by atoms with E-state index in [-0.39, 0.29) is 12.6 Å². The van der Waals surface area contributed by atoms with E-state index in [4.69, 9.17) is 0 Å². The van der Waals surface area contributed by atoms with Crippen molar-refractivity contribution in [2.45, 2.75) is 20.4 Å². The Hall–Kier alpha value is -3.26. The number of hydrogen-bond donors (Lipinski definition) is 2. The van der Waals surface area contributed by atoms with Crippen LogP contribution in [0.3, 0.4) is 0 Å². The molecule has 0 aliphatic rings. The fourth-order valence-electron chi connectivity index (χ4n) is 2.66. The summed E-state index contributed by atoms with van der Waals surface area (Å²) >= 11 is 1.62. The molecule has 0 bridgehead atoms. The van der Waals surface area contributed by atoms with Crippen molar-refractivity contribution in [2.75, 3.05) is 5.32 Å². The van der Waals surface area contributed by atoms with Crippen LogP contribution in [0.2, 0.25) is 0 Å². The van der Waals surface area contributed by atoms with Gasteiger partial charge in [0.1, 0.15) is 0 Å². The van der Waals surface area contributed by atoms with Gasteiger partial charge in [-0.05, 0) is 60.7 Å². The Morgan fingerprint density at radius 1 is 1.11 bits per heavy atom. The molecule has 2 amide bonds. The molecule has 1 aromatic carbocycles. The largest absolute Gasteiger partial charge is 0.330 e. The number of nitrogens with zero attached hydrogens (tertiary/aromatic N) is 4. The van der Waals surface area contributed by atoms with E-state index in [9.17, 15) is 4.79 Å². The van der Waals surface area contributed by atoms with Gasteiger partial charge in [-0.3, -0.25) is 0 Å². The molecule has 0 atom stereocenters. The third-order valence-corrected chi connectivity index (χ3v) is 5.00. The molecular formula is C19H18N6OS. The van der Waals surface area contributed by atoms with Gasteiger partial charge in [-0.1, -0.05) is 6.07 Å². The Morgan fingerprint density at radius 2 is 2.00 bits per heavy atom. The number of rotatable bonds is 4. The summed E-state index contributed by atoms with van der Waals surface area (Å²) in [5, 5.41) is 22.5. The quantitative estimate of drug-likeness (QED) is 0.566. The molecule has 0 unspecified atom stereocenters. The van der Waals surface area contributed by atoms with Gasteiger partial charge >= 0.3 is 6.03 Å². The molecule has 4 rings (SSSR count). The molecular weight excluding hydrogens is 360 g/mol. The van der Waals surface area contributed by atoms with Crippen LogP contribution in [0.15, 0.2) is 47.2 Å². The lowest BCUT2D eigenvalue weighted by Gasteiger charge is -2.08. The molecule has 0 saturated carbocycles. The van der Waals surface area contributed by atoms with E-state index in [2.05, 4.69) is 25.9 Å². The highest BCUT2D eigenvalue weighted by Crippen LogP contribution is 2.20. The number of amides is 2. The van der Waals surface area contributed by atoms with Crippen molar-refractivity contribution in [1.82, 2.24) is 25.1 Å². The fourth-order valence-corrected chi connectivity index (χ4v) is 3.31. The average Bonchev–Trinajstić information content (AvgIpc) is 3.32. The topological polar surface area (TPSA) is 84.2 Å². The van der Waals surface area contributed by atoms with Gasteiger partial charge in [0.05, 0.1) is 12.2 Å². The summed E-state index contributed by atoms with van der Waals surface area (Å²) in [5.74, 6) is 0.567. The van der Waals surface area contributed by atoms with Crippen molar-refractivity contribution in [3.05, 3.63) is 64.1 Å². The number of aromatic nitrogens is 4. The van der Waals surface area contributed by atoms with Crippen molar-refractivity contribution < 1.29 is 4.79 Å². The van der Waals surface area contributed by atoms with Crippen LogP contribution in [-0.2, 0) is 6.54 Å². The van der Waals surface area contributed by atoms with E-state index in [1.165, 1.54) is 5.56 Å². The van der Waals surface area contributed by atoms with Crippen LogP contribution in [0.4, 0.5) is 10.5 Å². The average molecular weight is 378 g/mol. The van der Waals surface area contributed by atoms with E-state index in [1.807, 2.05) is 61.0 Å². The molecule has 0 saturated heterocycles. The number of fused-ring (bicyclic) bond motifs is 1. The number of carbonyl (C=O) groups excluding carboxylic acids is 1. The molecule has 0 aliphatic carbocycles. The summed E-state index contributed by atoms with van der Waals surface area (Å²) in [6, 6.07) is 11.3. The minimum absolute atomic E-state index is 0.220. The third kappa shape index (κ3) is 3.65. The van der Waals surface area contributed by atoms with Crippen LogP contribution >= 0.6 is 11.3 Å². The normalized spacial score (nSPS) is 10.9. The second-order valence-corrected chi connectivity index (χ2v) is 7.00. The first kappa shape index (κ1) is 17.2. The first-order valence-electron chi connectivity index (χ1n) is 8.46. The SMILES string of the molecule is Cc1ccc(NC(=O)NCc2nnc3ccc(-c4ccsc4)nn23)cc1C. The monoisotopic (exact) mass is 378 g/mol. The molecule has 8 heteroatoms. The summed E-state index contributed by atoms with van der Waals surface area (Å²) in [6.45, 7) is 4.27. The lowest BCUT2D eigenvalue weighted by molar-refractivity contribution is 0.251. The highest BCUT2D eigenvalue weighted by Gasteiger charge is 2.10. The van der Waals surface area contributed by atoms with Crippen molar-refractivity contribution >= 4 is 28.7 Å². The van der Waals surface area contributed by atoms with Crippen LogP contribution in [0.5, 0.6) is 0 Å². The van der Waals surface area contributed by atoms with Gasteiger partial charge in [0, 0.05) is 16.6 Å². The van der Waals surface area contributed by atoms with Crippen molar-refractivity contribution in [3.8, 4) is 11.3 Å². The van der Waals surface area contributed by atoms with Gasteiger partial charge in [0.2, 0.25) is 0 Å². The van der Waals surface area contributed by atoms with Crippen LogP contribution < -0.4 is 10.6 Å². The third-order valence-electron chi connectivity index (χ3n) is 4.32. The zero-order chi connectivity index (χ0) is 18.8. The van der Waals surface area contributed by atoms with E-state index in [0.29, 0.717) is 11.5 Å². The van der Waals surface area contributed by atoms with Crippen molar-refractivity contribution in [1.29, 1.82) is 0 Å². The number of nitrogens with one attached hydrogen (secondary N) is 2. The summed E-state index contributed by atoms with van der Waals surface area (Å²) in [5.41, 5.74) is 5.58. The zero-order valence-electron chi connectivity index (χ0n) is 14.9. The van der Waals surface area contributed by atoms with Crippen LogP contribution in [0.1, 0.15) is 17.0 Å². The molecule has 136 valence electrons. The molecule has 3 heterocycles. The van der Waals surface area contributed by atoms with Gasteiger partial charge in [0.25, 0.3) is 0 Å². The van der Waals surface area contributed by atoms with Gasteiger partial charge in [-0.25, -0.2) is 4.79 Å². The number of thiophene rings is 1. The summed E-state index contributed by atoms with van der Waals surface area (Å²) in [7, 11) is 0. The van der Waals surface area contributed by atoms with Crippen LogP contribution in [0.25, 0.3) is 16.9 Å². The van der Waals surface area contributed by atoms with Gasteiger partial charge in [-0.15, -0.1) is 10.2 Å². The molecule has 0 spiro atoms. The molecule has 7 nitrogen and oxygen atoms in total. The Kier molecular flexibility index (Phi) is 4.55. The zero-order valence-corrected chi connectivity index (χ0v) is 15.7. The Balaban J connectivity index is 1.47. The molecule has 3 aromatic heterocycles. The predicted molar refractivity (Wildman–Crippen MR) is 106 cm³/mol. The number of benzene rings is 1. The first-order valence-corrected chi connectivity index (χ1v) is 9.40. The van der Waals surface area contributed by atoms with E-state index < -0.39 is 0 Å². The van der Waals surface area contributed by atoms with Crippen LogP contribution in [0, 0.1) is 13.8 Å². The Bertz CT molecular complexity index is 1100. The molecule has 0 aliphatic heterocycles. The number of anilines is 1. The minimum atomic E-state index is -0.302. The predicted octanol–water partition coefficient (Wildman–Crippen LogP) is 3.79. The maximum Gasteiger partial charge on any atom is 0.319 e. The second kappa shape index (κ2) is 7.16. The summed E-state index contributed by atoms with van der Waals surface area (Å²) < 4.78 is 1.66. The standard InChI is InChI=1S/C19H18N6OS/c1-12-3-4-15(9-13(12)2)21-19(26)20-10-18-23-22-17-6-5-16(24-25(17)18)14-7-8-27-11-14/h3-9,11H,10H2,1-2H3,(H2,20,21,26). The van der Waals surface area contributed by atoms with Gasteiger partial charge in [-0.2, -0.15) is 21.0 Å². The number of aryl methyl sites for hydroxylation is 2. The van der Waals surface area contributed by atoms with E-state index >= 15 is 0 Å². The first-order chi connectivity index (χ1) is 13.1. The molecule has 2 N–H and O–H groups in total. The maximum atomic E-state index is 12.2. The lowest BCUT2D eigenvalue weighted by atomic mass is 10.1. The fraction of sp³-hybridized carbons (Fsp3) is 0.158. The van der Waals surface area contributed by atoms with E-state index in [1.54, 1.807) is 15.9 Å². The molecule has 0 fully saturated rings. The van der Waals surface area contributed by atoms with E-state index in [0.717, 1.165) is 22.5 Å². The van der Waals surface area contributed by atoms with Gasteiger partial charge < -0.3 is 10.6 Å². The Morgan fingerprint density at radius 3 is 2.78 bits per heavy atom. The highest BCUT2D eigenvalue weighted by atomic mass is 32.1. The number of urea groups is 1. The Labute approximate surface area is 160 Å². The van der Waals surface area contributed by atoms with Crippen LogP contribution in [-0.4, -0.2) is 25.8 Å². The summed E-state index contributed by atoms with van der Waals surface area (Å²) in [6.07, 6.45) is 0. The van der Waals surface area contributed by atoms with Crippen molar-refractivity contribution in [3.63, 3.8) is 0 Å². The molecule has 4 aromatic rings. The molecule has 0 radical (unpaired) electrons. The highest BCUT2D eigenvalue weighted by molar-refractivity contribution is 7.08. The van der Waals surface area contributed by atoms with Crippen molar-refractivity contribution in [2.24, 2.45) is 0 Å². The number of carbonyl (C=O) groups is 1. The lowest BCUT2D eigenvalue weighted by Crippen LogP contribution is -2.29. The second-order valence-electron chi connectivity index (χ2n) is 6.22. The number of hydrogen-bond acceptors (Lipinski definition) is 5.